The summed E-state index contributed by atoms with van der Waals surface area (Å²) in [5.41, 5.74) is 3.43. The van der Waals surface area contributed by atoms with Crippen LogP contribution in [0.15, 0.2) is 30.3 Å². The third kappa shape index (κ3) is 3.09. The Hall–Kier alpha value is -2.14. The number of rotatable bonds is 3. The van der Waals surface area contributed by atoms with Gasteiger partial charge in [0.15, 0.2) is 0 Å². The number of nitrogens with zero attached hydrogens (tertiary/aromatic N) is 1. The van der Waals surface area contributed by atoms with Gasteiger partial charge in [-0.25, -0.2) is 4.39 Å². The fraction of sp³-hybridized carbons (Fsp3) is 0.450. The van der Waals surface area contributed by atoms with Gasteiger partial charge in [0.25, 0.3) is 5.91 Å². The number of carbonyl (C=O) groups excluding carboxylic acids is 1. The van der Waals surface area contributed by atoms with E-state index in [0.29, 0.717) is 17.6 Å². The van der Waals surface area contributed by atoms with E-state index in [1.54, 1.807) is 12.1 Å². The summed E-state index contributed by atoms with van der Waals surface area (Å²) in [7, 11) is 0. The van der Waals surface area contributed by atoms with Gasteiger partial charge in [0.05, 0.1) is 5.56 Å². The summed E-state index contributed by atoms with van der Waals surface area (Å²) in [4.78, 5) is 12.8. The van der Waals surface area contributed by atoms with Gasteiger partial charge in [-0.2, -0.15) is 0 Å². The molecule has 2 N–H and O–H groups in total. The highest BCUT2D eigenvalue weighted by molar-refractivity contribution is 5.96. The average molecular weight is 341 g/mol. The second-order valence-electron chi connectivity index (χ2n) is 7.38. The Labute approximate surface area is 147 Å². The standard InChI is InChI=1S/C20H24FN3O/c1-12-9-19(13(2)24(12)18-7-3-14(21)4-8-18)20(25)23-17-10-15-5-6-16(11-17)22-15/h3-4,7-9,15-17,22H,5-6,10-11H2,1-2H3,(H,23,25). The number of aryl methyl sites for hydroxylation is 1. The van der Waals surface area contributed by atoms with Gasteiger partial charge in [0, 0.05) is 35.2 Å². The van der Waals surface area contributed by atoms with Crippen LogP contribution >= 0.6 is 0 Å². The van der Waals surface area contributed by atoms with E-state index in [4.69, 9.17) is 0 Å². The first-order chi connectivity index (χ1) is 12.0. The summed E-state index contributed by atoms with van der Waals surface area (Å²) in [5.74, 6) is -0.266. The monoisotopic (exact) mass is 341 g/mol. The number of halogens is 1. The van der Waals surface area contributed by atoms with Crippen molar-refractivity contribution in [3.8, 4) is 5.69 Å². The maximum Gasteiger partial charge on any atom is 0.253 e. The van der Waals surface area contributed by atoms with Crippen LogP contribution in [0.1, 0.15) is 47.4 Å². The molecule has 2 aliphatic rings. The molecule has 4 rings (SSSR count). The molecule has 0 spiro atoms. The molecular weight excluding hydrogens is 317 g/mol. The van der Waals surface area contributed by atoms with Gasteiger partial charge in [-0.15, -0.1) is 0 Å². The Balaban J connectivity index is 1.55. The number of hydrogen-bond donors (Lipinski definition) is 2. The SMILES string of the molecule is Cc1cc(C(=O)NC2CC3CCC(C2)N3)c(C)n1-c1ccc(F)cc1. The number of benzene rings is 1. The van der Waals surface area contributed by atoms with Crippen LogP contribution in [0.5, 0.6) is 0 Å². The van der Waals surface area contributed by atoms with E-state index in [-0.39, 0.29) is 17.8 Å². The summed E-state index contributed by atoms with van der Waals surface area (Å²) in [6, 6.07) is 9.64. The smallest absolute Gasteiger partial charge is 0.253 e. The molecule has 2 atom stereocenters. The van der Waals surface area contributed by atoms with Crippen molar-refractivity contribution in [2.75, 3.05) is 0 Å². The van der Waals surface area contributed by atoms with Gasteiger partial charge in [-0.3, -0.25) is 4.79 Å². The largest absolute Gasteiger partial charge is 0.349 e. The molecule has 2 fully saturated rings. The van der Waals surface area contributed by atoms with E-state index >= 15 is 0 Å². The fourth-order valence-electron chi connectivity index (χ4n) is 4.42. The molecule has 3 heterocycles. The second-order valence-corrected chi connectivity index (χ2v) is 7.38. The van der Waals surface area contributed by atoms with Crippen molar-refractivity contribution >= 4 is 5.91 Å². The molecule has 0 aliphatic carbocycles. The Morgan fingerprint density at radius 2 is 1.80 bits per heavy atom. The minimum absolute atomic E-state index is 0.00670. The van der Waals surface area contributed by atoms with Crippen LogP contribution in [0.25, 0.3) is 5.69 Å². The van der Waals surface area contributed by atoms with Crippen molar-refractivity contribution in [1.29, 1.82) is 0 Å². The van der Waals surface area contributed by atoms with Crippen molar-refractivity contribution in [2.24, 2.45) is 0 Å². The van der Waals surface area contributed by atoms with Gasteiger partial charge in [-0.1, -0.05) is 0 Å². The van der Waals surface area contributed by atoms with Crippen molar-refractivity contribution in [2.45, 2.75) is 57.7 Å². The van der Waals surface area contributed by atoms with Gasteiger partial charge in [0.1, 0.15) is 5.82 Å². The summed E-state index contributed by atoms with van der Waals surface area (Å²) in [5, 5.41) is 6.82. The molecule has 2 saturated heterocycles. The molecule has 2 aliphatic heterocycles. The zero-order valence-corrected chi connectivity index (χ0v) is 14.7. The van der Waals surface area contributed by atoms with Gasteiger partial charge >= 0.3 is 0 Å². The summed E-state index contributed by atoms with van der Waals surface area (Å²) in [6.45, 7) is 3.91. The van der Waals surface area contributed by atoms with E-state index < -0.39 is 0 Å². The quantitative estimate of drug-likeness (QED) is 0.900. The zero-order valence-electron chi connectivity index (χ0n) is 14.7. The second kappa shape index (κ2) is 6.30. The summed E-state index contributed by atoms with van der Waals surface area (Å²) >= 11 is 0. The van der Waals surface area contributed by atoms with Crippen LogP contribution in [0, 0.1) is 19.7 Å². The van der Waals surface area contributed by atoms with Crippen molar-refractivity contribution in [3.63, 3.8) is 0 Å². The van der Waals surface area contributed by atoms with Crippen LogP contribution < -0.4 is 10.6 Å². The van der Waals surface area contributed by atoms with Crippen LogP contribution in [-0.4, -0.2) is 28.6 Å². The number of hydrogen-bond acceptors (Lipinski definition) is 2. The lowest BCUT2D eigenvalue weighted by Gasteiger charge is -2.29. The van der Waals surface area contributed by atoms with E-state index in [9.17, 15) is 9.18 Å². The molecule has 1 amide bonds. The van der Waals surface area contributed by atoms with E-state index in [1.165, 1.54) is 25.0 Å². The summed E-state index contributed by atoms with van der Waals surface area (Å²) < 4.78 is 15.2. The predicted octanol–water partition coefficient (Wildman–Crippen LogP) is 3.25. The van der Waals surface area contributed by atoms with E-state index in [1.807, 2.05) is 24.5 Å². The normalized spacial score (nSPS) is 25.2. The molecule has 0 radical (unpaired) electrons. The lowest BCUT2D eigenvalue weighted by molar-refractivity contribution is 0.0923. The zero-order chi connectivity index (χ0) is 17.6. The minimum Gasteiger partial charge on any atom is -0.349 e. The molecule has 1 aromatic carbocycles. The van der Waals surface area contributed by atoms with Gasteiger partial charge in [-0.05, 0) is 69.9 Å². The highest BCUT2D eigenvalue weighted by Gasteiger charge is 2.34. The number of aromatic nitrogens is 1. The maximum absolute atomic E-state index is 13.2. The Morgan fingerprint density at radius 3 is 2.44 bits per heavy atom. The van der Waals surface area contributed by atoms with Crippen LogP contribution in [0.2, 0.25) is 0 Å². The molecule has 4 nitrogen and oxygen atoms in total. The number of nitrogens with one attached hydrogen (secondary N) is 2. The molecule has 5 heteroatoms. The maximum atomic E-state index is 13.2. The van der Waals surface area contributed by atoms with E-state index in [2.05, 4.69) is 10.6 Å². The number of amides is 1. The third-order valence-electron chi connectivity index (χ3n) is 5.57. The van der Waals surface area contributed by atoms with Gasteiger partial charge < -0.3 is 15.2 Å². The lowest BCUT2D eigenvalue weighted by atomic mass is 9.99. The Kier molecular flexibility index (Phi) is 4.12. The van der Waals surface area contributed by atoms with E-state index in [0.717, 1.165) is 29.9 Å². The number of piperidine rings is 1. The van der Waals surface area contributed by atoms with Crippen LogP contribution in [-0.2, 0) is 0 Å². The van der Waals surface area contributed by atoms with Crippen molar-refractivity contribution in [1.82, 2.24) is 15.2 Å². The minimum atomic E-state index is -0.260. The molecular formula is C20H24FN3O. The van der Waals surface area contributed by atoms with Gasteiger partial charge in [0.2, 0.25) is 0 Å². The highest BCUT2D eigenvalue weighted by Crippen LogP contribution is 2.27. The topological polar surface area (TPSA) is 46.1 Å². The average Bonchev–Trinajstić information content (AvgIpc) is 3.07. The molecule has 0 saturated carbocycles. The highest BCUT2D eigenvalue weighted by atomic mass is 19.1. The van der Waals surface area contributed by atoms with Crippen LogP contribution in [0.4, 0.5) is 4.39 Å². The first-order valence-electron chi connectivity index (χ1n) is 9.03. The Morgan fingerprint density at radius 1 is 1.16 bits per heavy atom. The molecule has 25 heavy (non-hydrogen) atoms. The Bertz CT molecular complexity index is 784. The lowest BCUT2D eigenvalue weighted by Crippen LogP contribution is -2.48. The van der Waals surface area contributed by atoms with Crippen molar-refractivity contribution in [3.05, 3.63) is 53.1 Å². The number of carbonyl (C=O) groups is 1. The first-order valence-corrected chi connectivity index (χ1v) is 9.03. The number of fused-ring (bicyclic) bond motifs is 2. The predicted molar refractivity (Wildman–Crippen MR) is 95.6 cm³/mol. The molecule has 2 aromatic rings. The molecule has 132 valence electrons. The van der Waals surface area contributed by atoms with Crippen LogP contribution in [0.3, 0.4) is 0 Å². The molecule has 2 unspecified atom stereocenters. The fourth-order valence-corrected chi connectivity index (χ4v) is 4.42. The molecule has 1 aromatic heterocycles. The third-order valence-corrected chi connectivity index (χ3v) is 5.57. The first kappa shape index (κ1) is 16.3. The molecule has 2 bridgehead atoms. The summed E-state index contributed by atoms with van der Waals surface area (Å²) in [6.07, 6.45) is 4.46. The van der Waals surface area contributed by atoms with Crippen molar-refractivity contribution < 1.29 is 9.18 Å².